The Morgan fingerprint density at radius 1 is 1.28 bits per heavy atom. The summed E-state index contributed by atoms with van der Waals surface area (Å²) >= 11 is 0. The van der Waals surface area contributed by atoms with Crippen molar-refractivity contribution in [3.63, 3.8) is 0 Å². The van der Waals surface area contributed by atoms with Crippen LogP contribution < -0.4 is 10.5 Å². The Morgan fingerprint density at radius 2 is 1.89 bits per heavy atom. The van der Waals surface area contributed by atoms with E-state index in [1.165, 1.54) is 0 Å². The van der Waals surface area contributed by atoms with E-state index in [1.807, 2.05) is 30.3 Å². The van der Waals surface area contributed by atoms with Gasteiger partial charge in [0.2, 0.25) is 10.0 Å². The van der Waals surface area contributed by atoms with Crippen LogP contribution in [-0.2, 0) is 15.8 Å². The second kappa shape index (κ2) is 6.52. The standard InChI is InChI=1S/C12H18N2O2S.ClH/c13-8-12(11-6-7-11)14-17(15,16)9-10-4-2-1-3-5-10;/h1-5,11-12,14H,6-9,13H2;1H. The highest BCUT2D eigenvalue weighted by Gasteiger charge is 2.32. The number of hydrogen-bond donors (Lipinski definition) is 2. The first-order chi connectivity index (χ1) is 8.11. The summed E-state index contributed by atoms with van der Waals surface area (Å²) in [4.78, 5) is 0. The van der Waals surface area contributed by atoms with Crippen LogP contribution in [0.5, 0.6) is 0 Å². The van der Waals surface area contributed by atoms with Gasteiger partial charge in [0.1, 0.15) is 0 Å². The number of halogens is 1. The van der Waals surface area contributed by atoms with Crippen LogP contribution in [0.1, 0.15) is 18.4 Å². The van der Waals surface area contributed by atoms with Crippen LogP contribution in [0, 0.1) is 5.92 Å². The molecular weight excluding hydrogens is 272 g/mol. The van der Waals surface area contributed by atoms with E-state index < -0.39 is 10.0 Å². The molecule has 0 aliphatic heterocycles. The van der Waals surface area contributed by atoms with Crippen molar-refractivity contribution in [2.75, 3.05) is 6.54 Å². The number of nitrogens with two attached hydrogens (primary N) is 1. The SMILES string of the molecule is Cl.NCC(NS(=O)(=O)Cc1ccccc1)C1CC1. The molecule has 4 nitrogen and oxygen atoms in total. The van der Waals surface area contributed by atoms with Crippen molar-refractivity contribution in [3.05, 3.63) is 35.9 Å². The zero-order valence-corrected chi connectivity index (χ0v) is 11.7. The van der Waals surface area contributed by atoms with Crippen molar-refractivity contribution < 1.29 is 8.42 Å². The molecule has 2 rings (SSSR count). The molecular formula is C12H19ClN2O2S. The first kappa shape index (κ1) is 15.4. The summed E-state index contributed by atoms with van der Waals surface area (Å²) in [5.41, 5.74) is 6.39. The lowest BCUT2D eigenvalue weighted by molar-refractivity contribution is 0.518. The third-order valence-corrected chi connectivity index (χ3v) is 4.35. The zero-order chi connectivity index (χ0) is 12.3. The van der Waals surface area contributed by atoms with E-state index in [-0.39, 0.29) is 24.2 Å². The second-order valence-electron chi connectivity index (χ2n) is 4.54. The second-order valence-corrected chi connectivity index (χ2v) is 6.30. The molecule has 1 aliphatic carbocycles. The minimum Gasteiger partial charge on any atom is -0.329 e. The van der Waals surface area contributed by atoms with Gasteiger partial charge in [-0.3, -0.25) is 0 Å². The van der Waals surface area contributed by atoms with E-state index in [0.29, 0.717) is 12.5 Å². The normalized spacial score (nSPS) is 16.9. The van der Waals surface area contributed by atoms with E-state index in [0.717, 1.165) is 18.4 Å². The van der Waals surface area contributed by atoms with Crippen molar-refractivity contribution >= 4 is 22.4 Å². The maximum absolute atomic E-state index is 11.9. The van der Waals surface area contributed by atoms with Crippen molar-refractivity contribution in [1.82, 2.24) is 4.72 Å². The molecule has 0 amide bonds. The predicted octanol–water partition coefficient (Wildman–Crippen LogP) is 1.27. The Bertz CT molecular complexity index is 460. The molecule has 0 spiro atoms. The molecule has 1 fully saturated rings. The molecule has 6 heteroatoms. The van der Waals surface area contributed by atoms with Crippen LogP contribution in [0.2, 0.25) is 0 Å². The molecule has 18 heavy (non-hydrogen) atoms. The maximum atomic E-state index is 11.9. The molecule has 1 aliphatic rings. The summed E-state index contributed by atoms with van der Waals surface area (Å²) in [6.07, 6.45) is 2.16. The van der Waals surface area contributed by atoms with Crippen molar-refractivity contribution in [2.24, 2.45) is 11.7 Å². The van der Waals surface area contributed by atoms with Crippen LogP contribution in [0.3, 0.4) is 0 Å². The van der Waals surface area contributed by atoms with Crippen molar-refractivity contribution in [3.8, 4) is 0 Å². The van der Waals surface area contributed by atoms with Gasteiger partial charge in [-0.05, 0) is 24.3 Å². The first-order valence-corrected chi connectivity index (χ1v) is 7.50. The molecule has 0 aromatic heterocycles. The van der Waals surface area contributed by atoms with Crippen LogP contribution in [0.25, 0.3) is 0 Å². The fourth-order valence-electron chi connectivity index (χ4n) is 1.90. The summed E-state index contributed by atoms with van der Waals surface area (Å²) < 4.78 is 26.6. The van der Waals surface area contributed by atoms with Gasteiger partial charge in [0.15, 0.2) is 0 Å². The average molecular weight is 291 g/mol. The molecule has 0 heterocycles. The van der Waals surface area contributed by atoms with E-state index in [1.54, 1.807) is 0 Å². The number of nitrogens with one attached hydrogen (secondary N) is 1. The molecule has 0 radical (unpaired) electrons. The van der Waals surface area contributed by atoms with Crippen LogP contribution in [-0.4, -0.2) is 21.0 Å². The lowest BCUT2D eigenvalue weighted by atomic mass is 10.2. The van der Waals surface area contributed by atoms with Gasteiger partial charge in [-0.15, -0.1) is 12.4 Å². The Hall–Kier alpha value is -0.620. The lowest BCUT2D eigenvalue weighted by Crippen LogP contribution is -2.42. The average Bonchev–Trinajstić information content (AvgIpc) is 3.10. The van der Waals surface area contributed by atoms with Gasteiger partial charge >= 0.3 is 0 Å². The molecule has 3 N–H and O–H groups in total. The number of sulfonamides is 1. The van der Waals surface area contributed by atoms with Crippen molar-refractivity contribution in [2.45, 2.75) is 24.6 Å². The van der Waals surface area contributed by atoms with Crippen molar-refractivity contribution in [1.29, 1.82) is 0 Å². The topological polar surface area (TPSA) is 72.2 Å². The summed E-state index contributed by atoms with van der Waals surface area (Å²) in [5, 5.41) is 0. The third-order valence-electron chi connectivity index (χ3n) is 2.98. The summed E-state index contributed by atoms with van der Waals surface area (Å²) in [5.74, 6) is 0.461. The van der Waals surface area contributed by atoms with Gasteiger partial charge in [-0.25, -0.2) is 13.1 Å². The highest BCUT2D eigenvalue weighted by molar-refractivity contribution is 7.88. The largest absolute Gasteiger partial charge is 0.329 e. The maximum Gasteiger partial charge on any atom is 0.216 e. The molecule has 102 valence electrons. The van der Waals surface area contributed by atoms with Crippen LogP contribution in [0.15, 0.2) is 30.3 Å². The van der Waals surface area contributed by atoms with Gasteiger partial charge in [-0.1, -0.05) is 30.3 Å². The fourth-order valence-corrected chi connectivity index (χ4v) is 3.37. The Labute approximate surface area is 114 Å². The van der Waals surface area contributed by atoms with Gasteiger partial charge < -0.3 is 5.73 Å². The highest BCUT2D eigenvalue weighted by Crippen LogP contribution is 2.32. The fraction of sp³-hybridized carbons (Fsp3) is 0.500. The minimum absolute atomic E-state index is 0. The molecule has 1 saturated carbocycles. The van der Waals surface area contributed by atoms with E-state index in [4.69, 9.17) is 5.73 Å². The van der Waals surface area contributed by atoms with Gasteiger partial charge in [0.25, 0.3) is 0 Å². The van der Waals surface area contributed by atoms with E-state index >= 15 is 0 Å². The molecule has 0 bridgehead atoms. The quantitative estimate of drug-likeness (QED) is 0.829. The van der Waals surface area contributed by atoms with Crippen LogP contribution in [0.4, 0.5) is 0 Å². The molecule has 1 aromatic rings. The molecule has 1 aromatic carbocycles. The summed E-state index contributed by atoms with van der Waals surface area (Å²) in [7, 11) is -3.28. The third kappa shape index (κ3) is 4.57. The Morgan fingerprint density at radius 3 is 2.39 bits per heavy atom. The predicted molar refractivity (Wildman–Crippen MR) is 75.0 cm³/mol. The van der Waals surface area contributed by atoms with Gasteiger partial charge in [-0.2, -0.15) is 0 Å². The summed E-state index contributed by atoms with van der Waals surface area (Å²) in [6.45, 7) is 0.374. The van der Waals surface area contributed by atoms with E-state index in [2.05, 4.69) is 4.72 Å². The Balaban J connectivity index is 0.00000162. The highest BCUT2D eigenvalue weighted by atomic mass is 35.5. The smallest absolute Gasteiger partial charge is 0.216 e. The van der Waals surface area contributed by atoms with E-state index in [9.17, 15) is 8.42 Å². The lowest BCUT2D eigenvalue weighted by Gasteiger charge is -2.16. The monoisotopic (exact) mass is 290 g/mol. The minimum atomic E-state index is -3.28. The number of rotatable bonds is 6. The summed E-state index contributed by atoms with van der Waals surface area (Å²) in [6, 6.07) is 9.08. The number of benzene rings is 1. The molecule has 1 unspecified atom stereocenters. The number of hydrogen-bond acceptors (Lipinski definition) is 3. The van der Waals surface area contributed by atoms with Gasteiger partial charge in [0, 0.05) is 12.6 Å². The van der Waals surface area contributed by atoms with Crippen LogP contribution >= 0.6 is 12.4 Å². The van der Waals surface area contributed by atoms with Gasteiger partial charge in [0.05, 0.1) is 5.75 Å². The molecule has 0 saturated heterocycles. The zero-order valence-electron chi connectivity index (χ0n) is 10.1. The first-order valence-electron chi connectivity index (χ1n) is 5.85. The molecule has 1 atom stereocenters. The Kier molecular flexibility index (Phi) is 5.59.